The Kier molecular flexibility index (Phi) is 6.53. The Morgan fingerprint density at radius 1 is 1.04 bits per heavy atom. The minimum Gasteiger partial charge on any atom is -0.452 e. The lowest BCUT2D eigenvalue weighted by Crippen LogP contribution is -2.21. The predicted octanol–water partition coefficient (Wildman–Crippen LogP) is 4.51. The molecule has 0 aromatic heterocycles. The van der Waals surface area contributed by atoms with Crippen LogP contribution in [0.4, 0.5) is 11.4 Å². The molecule has 8 heteroatoms. The van der Waals surface area contributed by atoms with Crippen LogP contribution in [0.25, 0.3) is 0 Å². The molecular weight excluding hydrogens is 387 g/mol. The number of ether oxygens (including phenoxy) is 1. The average molecular weight is 402 g/mol. The van der Waals surface area contributed by atoms with E-state index in [9.17, 15) is 9.59 Å². The van der Waals surface area contributed by atoms with Crippen LogP contribution in [0.1, 0.15) is 10.4 Å². The molecule has 0 fully saturated rings. The van der Waals surface area contributed by atoms with Crippen LogP contribution in [-0.4, -0.2) is 32.6 Å². The second kappa shape index (κ2) is 8.43. The third kappa shape index (κ3) is 5.26. The van der Waals surface area contributed by atoms with Gasteiger partial charge in [0.25, 0.3) is 5.91 Å². The van der Waals surface area contributed by atoms with Crippen molar-refractivity contribution < 1.29 is 14.3 Å². The molecule has 0 unspecified atom stereocenters. The molecule has 0 aliphatic rings. The predicted molar refractivity (Wildman–Crippen MR) is 101 cm³/mol. The highest BCUT2D eigenvalue weighted by Gasteiger charge is 2.14. The number of carbonyl (C=O) groups excluding carboxylic acids is 2. The van der Waals surface area contributed by atoms with E-state index in [1.165, 1.54) is 12.1 Å². The normalized spacial score (nSPS) is 10.3. The van der Waals surface area contributed by atoms with Crippen molar-refractivity contribution in [1.82, 2.24) is 0 Å². The third-order valence-electron chi connectivity index (χ3n) is 3.23. The minimum absolute atomic E-state index is 0.191. The number of benzene rings is 2. The van der Waals surface area contributed by atoms with Crippen LogP contribution in [0.5, 0.6) is 0 Å². The van der Waals surface area contributed by atoms with Gasteiger partial charge in [0.2, 0.25) is 0 Å². The van der Waals surface area contributed by atoms with Crippen molar-refractivity contribution >= 4 is 58.1 Å². The summed E-state index contributed by atoms with van der Waals surface area (Å²) < 4.78 is 4.99. The molecule has 0 atom stereocenters. The number of hydrogen-bond acceptors (Lipinski definition) is 4. The largest absolute Gasteiger partial charge is 0.452 e. The summed E-state index contributed by atoms with van der Waals surface area (Å²) in [6, 6.07) is 9.71. The summed E-state index contributed by atoms with van der Waals surface area (Å²) in [5, 5.41) is 3.22. The first kappa shape index (κ1) is 19.4. The number of amides is 1. The molecule has 1 N–H and O–H groups in total. The summed E-state index contributed by atoms with van der Waals surface area (Å²) in [6.45, 7) is -0.469. The first-order valence-electron chi connectivity index (χ1n) is 7.17. The number of nitrogens with one attached hydrogen (secondary N) is 1. The van der Waals surface area contributed by atoms with Gasteiger partial charge in [0.05, 0.1) is 21.3 Å². The highest BCUT2D eigenvalue weighted by Crippen LogP contribution is 2.33. The lowest BCUT2D eigenvalue weighted by molar-refractivity contribution is -0.119. The lowest BCUT2D eigenvalue weighted by atomic mass is 10.2. The third-order valence-corrected chi connectivity index (χ3v) is 4.04. The van der Waals surface area contributed by atoms with Crippen molar-refractivity contribution in [3.63, 3.8) is 0 Å². The Balaban J connectivity index is 1.94. The number of nitrogens with zero attached hydrogens (tertiary/aromatic N) is 1. The monoisotopic (exact) mass is 400 g/mol. The number of halogens is 3. The second-order valence-electron chi connectivity index (χ2n) is 5.31. The molecule has 0 radical (unpaired) electrons. The van der Waals surface area contributed by atoms with Crippen molar-refractivity contribution in [1.29, 1.82) is 0 Å². The van der Waals surface area contributed by atoms with Crippen LogP contribution < -0.4 is 10.2 Å². The number of rotatable bonds is 5. The van der Waals surface area contributed by atoms with E-state index in [1.807, 2.05) is 19.0 Å². The van der Waals surface area contributed by atoms with Crippen LogP contribution in [-0.2, 0) is 9.53 Å². The van der Waals surface area contributed by atoms with Gasteiger partial charge in [-0.15, -0.1) is 0 Å². The van der Waals surface area contributed by atoms with E-state index >= 15 is 0 Å². The quantitative estimate of drug-likeness (QED) is 0.749. The van der Waals surface area contributed by atoms with Crippen molar-refractivity contribution in [3.8, 4) is 0 Å². The van der Waals surface area contributed by atoms with Crippen LogP contribution in [0, 0.1) is 0 Å². The van der Waals surface area contributed by atoms with Gasteiger partial charge < -0.3 is 15.0 Å². The van der Waals surface area contributed by atoms with Crippen LogP contribution in [0.15, 0.2) is 36.4 Å². The Morgan fingerprint density at radius 3 is 2.12 bits per heavy atom. The zero-order chi connectivity index (χ0) is 18.6. The fourth-order valence-electron chi connectivity index (χ4n) is 1.95. The van der Waals surface area contributed by atoms with E-state index in [2.05, 4.69) is 5.32 Å². The average Bonchev–Trinajstić information content (AvgIpc) is 2.56. The van der Waals surface area contributed by atoms with Crippen LogP contribution in [0.3, 0.4) is 0 Å². The van der Waals surface area contributed by atoms with Gasteiger partial charge in [-0.25, -0.2) is 4.79 Å². The van der Waals surface area contributed by atoms with Crippen LogP contribution in [0.2, 0.25) is 15.1 Å². The maximum atomic E-state index is 12.0. The smallest absolute Gasteiger partial charge is 0.338 e. The van der Waals surface area contributed by atoms with Gasteiger partial charge in [0.15, 0.2) is 6.61 Å². The lowest BCUT2D eigenvalue weighted by Gasteiger charge is -2.12. The molecular formula is C17H15Cl3N2O3. The molecule has 0 spiro atoms. The van der Waals surface area contributed by atoms with Crippen molar-refractivity contribution in [2.24, 2.45) is 0 Å². The van der Waals surface area contributed by atoms with Crippen molar-refractivity contribution in [2.75, 3.05) is 30.9 Å². The van der Waals surface area contributed by atoms with Crippen LogP contribution >= 0.6 is 34.8 Å². The standard InChI is InChI=1S/C17H15Cl3N2O3/c1-22(2)12-5-3-10(4-6-12)17(24)25-9-15(23)21-16-13(19)7-11(18)8-14(16)20/h3-8H,9H2,1-2H3,(H,21,23). The summed E-state index contributed by atoms with van der Waals surface area (Å²) in [5.41, 5.74) is 1.51. The van der Waals surface area contributed by atoms with E-state index in [1.54, 1.807) is 24.3 Å². The first-order chi connectivity index (χ1) is 11.8. The van der Waals surface area contributed by atoms with Gasteiger partial charge in [-0.2, -0.15) is 0 Å². The van der Waals surface area contributed by atoms with E-state index in [-0.39, 0.29) is 15.7 Å². The fraction of sp³-hybridized carbons (Fsp3) is 0.176. The first-order valence-corrected chi connectivity index (χ1v) is 8.30. The van der Waals surface area contributed by atoms with Crippen molar-refractivity contribution in [2.45, 2.75) is 0 Å². The molecule has 2 aromatic carbocycles. The van der Waals surface area contributed by atoms with Gasteiger partial charge in [-0.05, 0) is 36.4 Å². The Labute approximate surface area is 160 Å². The molecule has 25 heavy (non-hydrogen) atoms. The van der Waals surface area contributed by atoms with Gasteiger partial charge in [-0.3, -0.25) is 4.79 Å². The fourth-order valence-corrected chi connectivity index (χ4v) is 2.86. The van der Waals surface area contributed by atoms with Gasteiger partial charge in [0.1, 0.15) is 0 Å². The SMILES string of the molecule is CN(C)c1ccc(C(=O)OCC(=O)Nc2c(Cl)cc(Cl)cc2Cl)cc1. The topological polar surface area (TPSA) is 58.6 Å². The molecule has 0 aliphatic carbocycles. The number of esters is 1. The molecule has 5 nitrogen and oxygen atoms in total. The maximum absolute atomic E-state index is 12.0. The van der Waals surface area contributed by atoms with E-state index in [4.69, 9.17) is 39.5 Å². The van der Waals surface area contributed by atoms with Gasteiger partial charge in [0, 0.05) is 24.8 Å². The number of carbonyl (C=O) groups is 2. The van der Waals surface area contributed by atoms with E-state index in [0.717, 1.165) is 5.69 Å². The molecule has 0 heterocycles. The number of hydrogen-bond donors (Lipinski definition) is 1. The summed E-state index contributed by atoms with van der Waals surface area (Å²) in [5.74, 6) is -1.17. The maximum Gasteiger partial charge on any atom is 0.338 e. The molecule has 0 aliphatic heterocycles. The van der Waals surface area contributed by atoms with E-state index in [0.29, 0.717) is 10.6 Å². The minimum atomic E-state index is -0.603. The molecule has 132 valence electrons. The van der Waals surface area contributed by atoms with Gasteiger partial charge >= 0.3 is 5.97 Å². The molecule has 0 saturated carbocycles. The Morgan fingerprint density at radius 2 is 1.60 bits per heavy atom. The summed E-state index contributed by atoms with van der Waals surface area (Å²) >= 11 is 17.8. The van der Waals surface area contributed by atoms with Crippen molar-refractivity contribution in [3.05, 3.63) is 57.0 Å². The number of anilines is 2. The Bertz CT molecular complexity index is 769. The van der Waals surface area contributed by atoms with E-state index < -0.39 is 18.5 Å². The molecule has 0 bridgehead atoms. The summed E-state index contributed by atoms with van der Waals surface area (Å²) in [7, 11) is 3.79. The zero-order valence-electron chi connectivity index (χ0n) is 13.5. The molecule has 0 saturated heterocycles. The highest BCUT2D eigenvalue weighted by molar-refractivity contribution is 6.42. The molecule has 1 amide bonds. The summed E-state index contributed by atoms with van der Waals surface area (Å²) in [4.78, 5) is 25.8. The highest BCUT2D eigenvalue weighted by atomic mass is 35.5. The molecule has 2 aromatic rings. The molecule has 2 rings (SSSR count). The second-order valence-corrected chi connectivity index (χ2v) is 6.56. The van der Waals surface area contributed by atoms with Gasteiger partial charge in [-0.1, -0.05) is 34.8 Å². The Hall–Kier alpha value is -1.95. The zero-order valence-corrected chi connectivity index (χ0v) is 15.7. The summed E-state index contributed by atoms with van der Waals surface area (Å²) in [6.07, 6.45) is 0.